The molecule has 1 N–H and O–H groups in total. The summed E-state index contributed by atoms with van der Waals surface area (Å²) in [5.74, 6) is -0.816. The van der Waals surface area contributed by atoms with Crippen molar-refractivity contribution in [2.75, 3.05) is 6.26 Å². The van der Waals surface area contributed by atoms with E-state index in [2.05, 4.69) is 4.98 Å². The zero-order chi connectivity index (χ0) is 22.3. The molecular formula is C21H14Cl2N2O4S2. The van der Waals surface area contributed by atoms with E-state index in [9.17, 15) is 18.3 Å². The highest BCUT2D eigenvalue weighted by Gasteiger charge is 2.21. The van der Waals surface area contributed by atoms with Crippen LogP contribution >= 0.6 is 34.5 Å². The van der Waals surface area contributed by atoms with Gasteiger partial charge < -0.3 is 5.11 Å². The Kier molecular flexibility index (Phi) is 5.65. The van der Waals surface area contributed by atoms with Gasteiger partial charge in [-0.3, -0.25) is 4.57 Å². The SMILES string of the molecule is CS(=O)(=O)c1cccc(-c2ccc(-c3nc(C(=O)O)cn3-c3c(Cl)cccc3Cl)s2)c1. The van der Waals surface area contributed by atoms with Crippen molar-refractivity contribution in [2.24, 2.45) is 0 Å². The van der Waals surface area contributed by atoms with E-state index < -0.39 is 15.8 Å². The van der Waals surface area contributed by atoms with E-state index in [1.54, 1.807) is 47.0 Å². The standard InChI is InChI=1S/C21H14Cl2N2O4S2/c1-31(28,29)13-5-2-4-12(10-13)17-8-9-18(30-17)20-24-16(21(26)27)11-25(20)19-14(22)6-3-7-15(19)23/h2-11H,1H3,(H,26,27). The van der Waals surface area contributed by atoms with Gasteiger partial charge >= 0.3 is 5.97 Å². The molecule has 31 heavy (non-hydrogen) atoms. The number of rotatable bonds is 5. The number of aromatic nitrogens is 2. The van der Waals surface area contributed by atoms with Gasteiger partial charge in [-0.1, -0.05) is 41.4 Å². The average Bonchev–Trinajstić information content (AvgIpc) is 3.35. The first-order valence-corrected chi connectivity index (χ1v) is 12.3. The fraction of sp³-hybridized carbons (Fsp3) is 0.0476. The van der Waals surface area contributed by atoms with Gasteiger partial charge in [-0.25, -0.2) is 18.2 Å². The van der Waals surface area contributed by atoms with E-state index in [-0.39, 0.29) is 10.6 Å². The van der Waals surface area contributed by atoms with E-state index in [0.717, 1.165) is 16.7 Å². The second-order valence-electron chi connectivity index (χ2n) is 6.66. The summed E-state index contributed by atoms with van der Waals surface area (Å²) in [5, 5.41) is 10.1. The number of para-hydroxylation sites is 1. The molecule has 4 rings (SSSR count). The molecule has 0 bridgehead atoms. The van der Waals surface area contributed by atoms with Gasteiger partial charge in [0.25, 0.3) is 0 Å². The minimum absolute atomic E-state index is 0.153. The van der Waals surface area contributed by atoms with Crippen molar-refractivity contribution in [2.45, 2.75) is 4.90 Å². The Morgan fingerprint density at radius 3 is 2.32 bits per heavy atom. The van der Waals surface area contributed by atoms with Crippen LogP contribution in [0.2, 0.25) is 10.0 Å². The van der Waals surface area contributed by atoms with Crippen LogP contribution in [0.1, 0.15) is 10.5 Å². The molecule has 2 aromatic heterocycles. The number of carboxylic acid groups (broad SMARTS) is 1. The van der Waals surface area contributed by atoms with Crippen molar-refractivity contribution in [3.8, 4) is 26.8 Å². The fourth-order valence-electron chi connectivity index (χ4n) is 3.04. The van der Waals surface area contributed by atoms with Gasteiger partial charge in [0.15, 0.2) is 21.4 Å². The summed E-state index contributed by atoms with van der Waals surface area (Å²) < 4.78 is 25.3. The predicted octanol–water partition coefficient (Wildman–Crippen LogP) is 5.68. The lowest BCUT2D eigenvalue weighted by atomic mass is 10.2. The first-order chi connectivity index (χ1) is 14.6. The molecule has 0 unspecified atom stereocenters. The number of nitrogens with zero attached hydrogens (tertiary/aromatic N) is 2. The summed E-state index contributed by atoms with van der Waals surface area (Å²) in [7, 11) is -3.34. The highest BCUT2D eigenvalue weighted by atomic mass is 35.5. The molecule has 4 aromatic rings. The van der Waals surface area contributed by atoms with Crippen molar-refractivity contribution >= 4 is 50.3 Å². The smallest absolute Gasteiger partial charge is 0.356 e. The number of benzene rings is 2. The van der Waals surface area contributed by atoms with Gasteiger partial charge in [-0.2, -0.15) is 0 Å². The highest BCUT2D eigenvalue weighted by molar-refractivity contribution is 7.90. The van der Waals surface area contributed by atoms with E-state index >= 15 is 0 Å². The molecule has 0 atom stereocenters. The Hall–Kier alpha value is -2.65. The minimum Gasteiger partial charge on any atom is -0.476 e. The number of halogens is 2. The minimum atomic E-state index is -3.34. The molecule has 158 valence electrons. The second kappa shape index (κ2) is 8.12. The normalized spacial score (nSPS) is 11.6. The van der Waals surface area contributed by atoms with Crippen LogP contribution in [0.4, 0.5) is 0 Å². The van der Waals surface area contributed by atoms with Crippen LogP contribution in [-0.2, 0) is 9.84 Å². The molecular weight excluding hydrogens is 479 g/mol. The van der Waals surface area contributed by atoms with Crippen molar-refractivity contribution < 1.29 is 18.3 Å². The maximum absolute atomic E-state index is 11.9. The fourth-order valence-corrected chi connectivity index (χ4v) is 5.28. The molecule has 0 aliphatic carbocycles. The third-order valence-corrected chi connectivity index (χ3v) is 7.33. The van der Waals surface area contributed by atoms with Gasteiger partial charge in [-0.05, 0) is 42.0 Å². The van der Waals surface area contributed by atoms with Crippen LogP contribution in [0, 0.1) is 0 Å². The van der Waals surface area contributed by atoms with Crippen molar-refractivity contribution in [1.82, 2.24) is 9.55 Å². The van der Waals surface area contributed by atoms with Crippen LogP contribution in [-0.4, -0.2) is 35.3 Å². The molecule has 2 heterocycles. The molecule has 0 saturated carbocycles. The summed E-state index contributed by atoms with van der Waals surface area (Å²) in [6.07, 6.45) is 2.53. The third kappa shape index (κ3) is 4.24. The highest BCUT2D eigenvalue weighted by Crippen LogP contribution is 2.38. The number of thiophene rings is 1. The van der Waals surface area contributed by atoms with Gasteiger partial charge in [0, 0.05) is 17.3 Å². The Morgan fingerprint density at radius 1 is 1.03 bits per heavy atom. The number of sulfone groups is 1. The van der Waals surface area contributed by atoms with Crippen molar-refractivity contribution in [1.29, 1.82) is 0 Å². The molecule has 0 aliphatic rings. The molecule has 10 heteroatoms. The first-order valence-electron chi connectivity index (χ1n) is 8.83. The number of carbonyl (C=O) groups is 1. The summed E-state index contributed by atoms with van der Waals surface area (Å²) in [5.41, 5.74) is 1.00. The van der Waals surface area contributed by atoms with Crippen LogP contribution in [0.3, 0.4) is 0 Å². The van der Waals surface area contributed by atoms with Crippen molar-refractivity contribution in [3.63, 3.8) is 0 Å². The average molecular weight is 493 g/mol. The van der Waals surface area contributed by atoms with Gasteiger partial charge in [-0.15, -0.1) is 11.3 Å². The number of carboxylic acids is 1. The second-order valence-corrected chi connectivity index (χ2v) is 10.6. The first kappa shape index (κ1) is 21.6. The van der Waals surface area contributed by atoms with E-state index in [1.807, 2.05) is 12.1 Å². The lowest BCUT2D eigenvalue weighted by molar-refractivity contribution is 0.0691. The quantitative estimate of drug-likeness (QED) is 0.387. The molecule has 0 amide bonds. The Labute approximate surface area is 192 Å². The summed E-state index contributed by atoms with van der Waals surface area (Å²) in [4.78, 5) is 17.5. The monoisotopic (exact) mass is 492 g/mol. The maximum Gasteiger partial charge on any atom is 0.356 e. The Bertz CT molecular complexity index is 1400. The maximum atomic E-state index is 11.9. The van der Waals surface area contributed by atoms with Gasteiger partial charge in [0.2, 0.25) is 0 Å². The van der Waals surface area contributed by atoms with Crippen LogP contribution in [0.15, 0.2) is 65.7 Å². The zero-order valence-corrected chi connectivity index (χ0v) is 19.1. The lowest BCUT2D eigenvalue weighted by Crippen LogP contribution is -1.97. The number of imidazole rings is 1. The van der Waals surface area contributed by atoms with Crippen LogP contribution in [0.5, 0.6) is 0 Å². The van der Waals surface area contributed by atoms with Crippen LogP contribution < -0.4 is 0 Å². The summed E-state index contributed by atoms with van der Waals surface area (Å²) in [6, 6.07) is 15.3. The summed E-state index contributed by atoms with van der Waals surface area (Å²) >= 11 is 14.0. The molecule has 6 nitrogen and oxygen atoms in total. The van der Waals surface area contributed by atoms with Gasteiger partial charge in [0.1, 0.15) is 0 Å². The molecule has 0 saturated heterocycles. The number of aromatic carboxylic acids is 1. The molecule has 2 aromatic carbocycles. The topological polar surface area (TPSA) is 89.3 Å². The van der Waals surface area contributed by atoms with E-state index in [0.29, 0.717) is 26.4 Å². The van der Waals surface area contributed by atoms with E-state index in [4.69, 9.17) is 23.2 Å². The van der Waals surface area contributed by atoms with Crippen molar-refractivity contribution in [3.05, 3.63) is 76.5 Å². The zero-order valence-electron chi connectivity index (χ0n) is 15.9. The molecule has 0 aliphatic heterocycles. The molecule has 0 spiro atoms. The Balaban J connectivity index is 1.86. The van der Waals surface area contributed by atoms with Gasteiger partial charge in [0.05, 0.1) is 25.5 Å². The predicted molar refractivity (Wildman–Crippen MR) is 122 cm³/mol. The Morgan fingerprint density at radius 2 is 1.68 bits per heavy atom. The lowest BCUT2D eigenvalue weighted by Gasteiger charge is -2.10. The molecule has 0 fully saturated rings. The number of hydrogen-bond acceptors (Lipinski definition) is 5. The number of hydrogen-bond donors (Lipinski definition) is 1. The van der Waals surface area contributed by atoms with Crippen LogP contribution in [0.25, 0.3) is 26.8 Å². The largest absolute Gasteiger partial charge is 0.476 e. The third-order valence-electron chi connectivity index (χ3n) is 4.48. The molecule has 0 radical (unpaired) electrons. The summed E-state index contributed by atoms with van der Waals surface area (Å²) in [6.45, 7) is 0. The van der Waals surface area contributed by atoms with E-state index in [1.165, 1.54) is 17.5 Å².